The van der Waals surface area contributed by atoms with Crippen LogP contribution >= 0.6 is 12.6 Å². The van der Waals surface area contributed by atoms with Crippen molar-refractivity contribution >= 4 is 30.5 Å². The molecule has 33 heavy (non-hydrogen) atoms. The highest BCUT2D eigenvalue weighted by Crippen LogP contribution is 2.25. The number of rotatable bonds is 11. The molecule has 0 aliphatic carbocycles. The number of hydrogen-bond acceptors (Lipinski definition) is 5. The van der Waals surface area contributed by atoms with Gasteiger partial charge in [-0.1, -0.05) is 49.1 Å². The highest BCUT2D eigenvalue weighted by molar-refractivity contribution is 7.80. The fourth-order valence-corrected chi connectivity index (χ4v) is 3.87. The molecule has 0 bridgehead atoms. The van der Waals surface area contributed by atoms with Crippen molar-refractivity contribution < 1.29 is 19.1 Å². The van der Waals surface area contributed by atoms with Crippen molar-refractivity contribution in [2.24, 2.45) is 0 Å². The molecule has 2 N–H and O–H groups in total. The summed E-state index contributed by atoms with van der Waals surface area (Å²) in [6, 6.07) is 4.14. The number of aryl methyl sites for hydroxylation is 2. The molecule has 186 valence electrons. The minimum Gasteiger partial charge on any atom is -0.444 e. The smallest absolute Gasteiger partial charge is 0.408 e. The summed E-state index contributed by atoms with van der Waals surface area (Å²) in [6.45, 7) is 13.9. The largest absolute Gasteiger partial charge is 0.444 e. The van der Waals surface area contributed by atoms with E-state index in [1.807, 2.05) is 39.0 Å². The van der Waals surface area contributed by atoms with Crippen LogP contribution in [0.5, 0.6) is 0 Å². The average molecular weight is 480 g/mol. The van der Waals surface area contributed by atoms with Crippen LogP contribution in [0.25, 0.3) is 0 Å². The van der Waals surface area contributed by atoms with Gasteiger partial charge in [0.05, 0.1) is 0 Å². The highest BCUT2D eigenvalue weighted by atomic mass is 32.1. The molecule has 1 rings (SSSR count). The quantitative estimate of drug-likeness (QED) is 0.326. The van der Waals surface area contributed by atoms with Crippen molar-refractivity contribution in [2.45, 2.75) is 85.4 Å². The first kappa shape index (κ1) is 28.8. The highest BCUT2D eigenvalue weighted by Gasteiger charge is 2.35. The van der Waals surface area contributed by atoms with Crippen molar-refractivity contribution in [1.29, 1.82) is 0 Å². The second-order valence-corrected chi connectivity index (χ2v) is 9.69. The Bertz CT molecular complexity index is 787. The Morgan fingerprint density at radius 1 is 1.06 bits per heavy atom. The molecule has 0 radical (unpaired) electrons. The molecule has 8 heteroatoms. The second-order valence-electron chi connectivity index (χ2n) is 9.33. The number of ether oxygens (including phenoxy) is 1. The number of carbonyl (C=O) groups excluding carboxylic acids is 3. The second kappa shape index (κ2) is 13.5. The first-order valence-electron chi connectivity index (χ1n) is 11.7. The maximum absolute atomic E-state index is 13.5. The van der Waals surface area contributed by atoms with Crippen molar-refractivity contribution in [1.82, 2.24) is 15.5 Å². The van der Waals surface area contributed by atoms with E-state index in [0.717, 1.165) is 36.0 Å². The average Bonchev–Trinajstić information content (AvgIpc) is 2.70. The van der Waals surface area contributed by atoms with Crippen molar-refractivity contribution in [3.8, 4) is 0 Å². The SMILES string of the molecule is CCCCCNC(=O)C(c1cc(C)cc(C)c1)N(CC)C(=O)C(CS)NC(=O)OC(C)(C)C. The van der Waals surface area contributed by atoms with Gasteiger partial charge in [0.2, 0.25) is 11.8 Å². The third-order valence-corrected chi connectivity index (χ3v) is 5.36. The monoisotopic (exact) mass is 479 g/mol. The number of amides is 3. The Morgan fingerprint density at radius 3 is 2.15 bits per heavy atom. The summed E-state index contributed by atoms with van der Waals surface area (Å²) in [7, 11) is 0. The Hall–Kier alpha value is -2.22. The van der Waals surface area contributed by atoms with Gasteiger partial charge in [-0.25, -0.2) is 4.79 Å². The molecule has 1 aromatic rings. The number of nitrogens with one attached hydrogen (secondary N) is 2. The van der Waals surface area contributed by atoms with Crippen LogP contribution in [-0.2, 0) is 14.3 Å². The number of unbranched alkanes of at least 4 members (excludes halogenated alkanes) is 2. The van der Waals surface area contributed by atoms with Crippen LogP contribution in [0.15, 0.2) is 18.2 Å². The fraction of sp³-hybridized carbons (Fsp3) is 0.640. The van der Waals surface area contributed by atoms with Crippen LogP contribution in [0.3, 0.4) is 0 Å². The minimum absolute atomic E-state index is 0.0757. The van der Waals surface area contributed by atoms with E-state index in [1.54, 1.807) is 20.8 Å². The fourth-order valence-electron chi connectivity index (χ4n) is 3.62. The first-order chi connectivity index (χ1) is 15.4. The molecule has 0 spiro atoms. The van der Waals surface area contributed by atoms with Crippen LogP contribution in [0.4, 0.5) is 4.79 Å². The van der Waals surface area contributed by atoms with E-state index < -0.39 is 23.8 Å². The molecular weight excluding hydrogens is 438 g/mol. The van der Waals surface area contributed by atoms with Gasteiger partial charge in [-0.05, 0) is 53.5 Å². The molecule has 0 aliphatic rings. The van der Waals surface area contributed by atoms with Crippen LogP contribution in [-0.4, -0.2) is 53.3 Å². The normalized spacial score (nSPS) is 13.1. The minimum atomic E-state index is -0.926. The molecule has 0 saturated heterocycles. The molecule has 2 atom stereocenters. The van der Waals surface area contributed by atoms with Crippen LogP contribution in [0.1, 0.15) is 76.6 Å². The zero-order chi connectivity index (χ0) is 25.2. The van der Waals surface area contributed by atoms with Gasteiger partial charge in [0.1, 0.15) is 17.7 Å². The van der Waals surface area contributed by atoms with Crippen LogP contribution in [0, 0.1) is 13.8 Å². The third kappa shape index (κ3) is 9.66. The molecule has 7 nitrogen and oxygen atoms in total. The van der Waals surface area contributed by atoms with E-state index in [2.05, 4.69) is 30.2 Å². The molecule has 0 saturated carbocycles. The number of thiol groups is 1. The van der Waals surface area contributed by atoms with E-state index in [1.165, 1.54) is 4.90 Å². The number of alkyl carbamates (subject to hydrolysis) is 1. The number of benzene rings is 1. The lowest BCUT2D eigenvalue weighted by atomic mass is 9.98. The van der Waals surface area contributed by atoms with Gasteiger partial charge in [0, 0.05) is 18.8 Å². The molecule has 0 heterocycles. The summed E-state index contributed by atoms with van der Waals surface area (Å²) in [5.74, 6) is -0.542. The number of hydrogen-bond donors (Lipinski definition) is 3. The Kier molecular flexibility index (Phi) is 11.8. The topological polar surface area (TPSA) is 87.7 Å². The zero-order valence-corrected chi connectivity index (χ0v) is 22.1. The number of carbonyl (C=O) groups is 3. The van der Waals surface area contributed by atoms with Gasteiger partial charge < -0.3 is 20.3 Å². The van der Waals surface area contributed by atoms with Crippen LogP contribution in [0.2, 0.25) is 0 Å². The molecule has 1 aromatic carbocycles. The first-order valence-corrected chi connectivity index (χ1v) is 12.3. The number of likely N-dealkylation sites (N-methyl/N-ethyl adjacent to an activating group) is 1. The van der Waals surface area contributed by atoms with Gasteiger partial charge in [-0.2, -0.15) is 12.6 Å². The van der Waals surface area contributed by atoms with Gasteiger partial charge >= 0.3 is 6.09 Å². The van der Waals surface area contributed by atoms with Crippen molar-refractivity contribution in [3.05, 3.63) is 34.9 Å². The molecule has 0 aromatic heterocycles. The summed E-state index contributed by atoms with van der Waals surface area (Å²) >= 11 is 4.28. The summed E-state index contributed by atoms with van der Waals surface area (Å²) < 4.78 is 5.30. The Labute approximate surface area is 204 Å². The van der Waals surface area contributed by atoms with Gasteiger partial charge in [-0.3, -0.25) is 9.59 Å². The maximum Gasteiger partial charge on any atom is 0.408 e. The lowest BCUT2D eigenvalue weighted by molar-refractivity contribution is -0.141. The van der Waals surface area contributed by atoms with Gasteiger partial charge in [0.25, 0.3) is 0 Å². The molecule has 2 unspecified atom stereocenters. The summed E-state index contributed by atoms with van der Waals surface area (Å²) in [6.07, 6.45) is 2.25. The van der Waals surface area contributed by atoms with E-state index in [-0.39, 0.29) is 17.6 Å². The van der Waals surface area contributed by atoms with E-state index in [0.29, 0.717) is 13.1 Å². The molecular formula is C25H41N3O4S. The van der Waals surface area contributed by atoms with Gasteiger partial charge in [-0.15, -0.1) is 0 Å². The summed E-state index contributed by atoms with van der Waals surface area (Å²) in [5, 5.41) is 5.59. The van der Waals surface area contributed by atoms with Gasteiger partial charge in [0.15, 0.2) is 0 Å². The van der Waals surface area contributed by atoms with Crippen LogP contribution < -0.4 is 10.6 Å². The Balaban J connectivity index is 3.24. The zero-order valence-electron chi connectivity index (χ0n) is 21.2. The lowest BCUT2D eigenvalue weighted by Gasteiger charge is -2.33. The predicted octanol–water partition coefficient (Wildman–Crippen LogP) is 4.32. The molecule has 0 aliphatic heterocycles. The van der Waals surface area contributed by atoms with E-state index in [9.17, 15) is 14.4 Å². The summed E-state index contributed by atoms with van der Waals surface area (Å²) in [5.41, 5.74) is 2.06. The summed E-state index contributed by atoms with van der Waals surface area (Å²) in [4.78, 5) is 40.6. The molecule has 0 fully saturated rings. The van der Waals surface area contributed by atoms with Crippen molar-refractivity contribution in [3.63, 3.8) is 0 Å². The maximum atomic E-state index is 13.5. The van der Waals surface area contributed by atoms with E-state index >= 15 is 0 Å². The van der Waals surface area contributed by atoms with E-state index in [4.69, 9.17) is 4.74 Å². The third-order valence-electron chi connectivity index (χ3n) is 4.99. The lowest BCUT2D eigenvalue weighted by Crippen LogP contribution is -2.53. The number of nitrogens with zero attached hydrogens (tertiary/aromatic N) is 1. The molecule has 3 amide bonds. The van der Waals surface area contributed by atoms with Crippen molar-refractivity contribution in [2.75, 3.05) is 18.8 Å². The Morgan fingerprint density at radius 2 is 1.67 bits per heavy atom. The standard InChI is InChI=1S/C25H41N3O4S/c1-8-10-11-12-26-22(29)21(19-14-17(3)13-18(4)15-19)28(9-2)23(30)20(16-33)27-24(31)32-25(5,6)7/h13-15,20-21,33H,8-12,16H2,1-7H3,(H,26,29)(H,27,31). The predicted molar refractivity (Wildman–Crippen MR) is 136 cm³/mol.